The van der Waals surface area contributed by atoms with Gasteiger partial charge in [-0.1, -0.05) is 0 Å². The van der Waals surface area contributed by atoms with Gasteiger partial charge in [0.1, 0.15) is 0 Å². The summed E-state index contributed by atoms with van der Waals surface area (Å²) in [5, 5.41) is 0. The average Bonchev–Trinajstić information content (AvgIpc) is 2.83. The van der Waals surface area contributed by atoms with Crippen LogP contribution in [0.1, 0.15) is 17.5 Å². The summed E-state index contributed by atoms with van der Waals surface area (Å²) in [5.74, 6) is 3.33. The third-order valence-electron chi connectivity index (χ3n) is 4.67. The number of carbonyl (C=O) groups is 2. The molecular formula is C19H24N2O4S. The molecule has 0 unspecified atom stereocenters. The number of ether oxygens (including phenoxy) is 2. The van der Waals surface area contributed by atoms with Gasteiger partial charge in [-0.05, 0) is 29.3 Å². The van der Waals surface area contributed by atoms with Gasteiger partial charge in [0.25, 0.3) is 0 Å². The third kappa shape index (κ3) is 4.15. The molecule has 1 fully saturated rings. The van der Waals surface area contributed by atoms with Crippen LogP contribution >= 0.6 is 11.8 Å². The van der Waals surface area contributed by atoms with Crippen LogP contribution < -0.4 is 9.47 Å². The van der Waals surface area contributed by atoms with E-state index >= 15 is 0 Å². The summed E-state index contributed by atoms with van der Waals surface area (Å²) in [6.45, 7) is 2.01. The van der Waals surface area contributed by atoms with E-state index in [0.29, 0.717) is 24.5 Å². The van der Waals surface area contributed by atoms with E-state index in [1.165, 1.54) is 0 Å². The van der Waals surface area contributed by atoms with Crippen LogP contribution in [0.25, 0.3) is 6.08 Å². The van der Waals surface area contributed by atoms with Crippen LogP contribution in [0.3, 0.4) is 0 Å². The average molecular weight is 376 g/mol. The predicted molar refractivity (Wildman–Crippen MR) is 103 cm³/mol. The van der Waals surface area contributed by atoms with Crippen LogP contribution in [0.4, 0.5) is 0 Å². The van der Waals surface area contributed by atoms with E-state index < -0.39 is 0 Å². The highest BCUT2D eigenvalue weighted by Gasteiger charge is 2.22. The zero-order valence-corrected chi connectivity index (χ0v) is 16.0. The van der Waals surface area contributed by atoms with Crippen molar-refractivity contribution in [2.75, 3.05) is 45.4 Å². The Labute approximate surface area is 158 Å². The van der Waals surface area contributed by atoms with Crippen LogP contribution in [-0.4, -0.2) is 67.0 Å². The fourth-order valence-electron chi connectivity index (χ4n) is 3.15. The van der Waals surface area contributed by atoms with E-state index in [0.717, 1.165) is 35.7 Å². The molecule has 0 saturated carbocycles. The minimum atomic E-state index is -0.0192. The molecule has 0 N–H and O–H groups in total. The molecule has 0 bridgehead atoms. The molecule has 2 aliphatic heterocycles. The summed E-state index contributed by atoms with van der Waals surface area (Å²) < 4.78 is 10.7. The zero-order chi connectivity index (χ0) is 18.5. The molecule has 2 amide bonds. The largest absolute Gasteiger partial charge is 0.493 e. The Hall–Kier alpha value is -2.15. The molecule has 7 heteroatoms. The smallest absolute Gasteiger partial charge is 0.230 e. The van der Waals surface area contributed by atoms with Crippen LogP contribution in [0.2, 0.25) is 0 Å². The molecule has 0 aliphatic carbocycles. The second-order valence-corrected chi connectivity index (χ2v) is 7.45. The molecule has 2 heterocycles. The third-order valence-corrected chi connectivity index (χ3v) is 5.61. The van der Waals surface area contributed by atoms with Crippen molar-refractivity contribution in [1.29, 1.82) is 0 Å². The van der Waals surface area contributed by atoms with E-state index in [4.69, 9.17) is 9.47 Å². The molecule has 1 saturated heterocycles. The number of benzene rings is 1. The quantitative estimate of drug-likeness (QED) is 0.787. The van der Waals surface area contributed by atoms with Gasteiger partial charge in [-0.2, -0.15) is 11.8 Å². The monoisotopic (exact) mass is 376 g/mol. The summed E-state index contributed by atoms with van der Waals surface area (Å²) in [4.78, 5) is 28.5. The Morgan fingerprint density at radius 3 is 2.54 bits per heavy atom. The van der Waals surface area contributed by atoms with E-state index in [1.54, 1.807) is 25.3 Å². The Morgan fingerprint density at radius 1 is 1.15 bits per heavy atom. The molecular weight excluding hydrogens is 352 g/mol. The number of carbonyl (C=O) groups excluding carboxylic acids is 2. The molecule has 0 atom stereocenters. The van der Waals surface area contributed by atoms with E-state index in [1.807, 2.05) is 34.9 Å². The second-order valence-electron chi connectivity index (χ2n) is 6.23. The molecule has 0 radical (unpaired) electrons. The number of thioether (sulfide) groups is 1. The van der Waals surface area contributed by atoms with Gasteiger partial charge in [-0.15, -0.1) is 0 Å². The topological polar surface area (TPSA) is 59.1 Å². The SMILES string of the molecule is COc1cc2c(cc1OC)CC(=O)N(CCC(=O)N1CCSCC1)C=C2. The van der Waals surface area contributed by atoms with Crippen molar-refractivity contribution in [3.05, 3.63) is 29.5 Å². The maximum Gasteiger partial charge on any atom is 0.230 e. The second kappa shape index (κ2) is 8.49. The van der Waals surface area contributed by atoms with Gasteiger partial charge in [-0.3, -0.25) is 9.59 Å². The molecule has 6 nitrogen and oxygen atoms in total. The van der Waals surface area contributed by atoms with E-state index in [-0.39, 0.29) is 18.2 Å². The predicted octanol–water partition coefficient (Wildman–Crippen LogP) is 2.02. The minimum absolute atomic E-state index is 0.0192. The highest BCUT2D eigenvalue weighted by atomic mass is 32.2. The molecule has 0 aromatic heterocycles. The van der Waals surface area contributed by atoms with Crippen molar-refractivity contribution >= 4 is 29.7 Å². The summed E-state index contributed by atoms with van der Waals surface area (Å²) in [7, 11) is 3.17. The maximum atomic E-state index is 12.6. The standard InChI is InChI=1S/C19H24N2O4S/c1-24-16-11-14-3-5-20(19(23)13-15(14)12-17(16)25-2)6-4-18(22)21-7-9-26-10-8-21/h3,5,11-12H,4,6-10,13H2,1-2H3. The van der Waals surface area contributed by atoms with Crippen LogP contribution in [0.15, 0.2) is 18.3 Å². The summed E-state index contributed by atoms with van der Waals surface area (Å²) in [6.07, 6.45) is 4.28. The Balaban J connectivity index is 1.67. The molecule has 1 aromatic carbocycles. The van der Waals surface area contributed by atoms with Gasteiger partial charge in [0, 0.05) is 43.8 Å². The van der Waals surface area contributed by atoms with Gasteiger partial charge in [0.05, 0.1) is 20.6 Å². The molecule has 26 heavy (non-hydrogen) atoms. The minimum Gasteiger partial charge on any atom is -0.493 e. The van der Waals surface area contributed by atoms with Crippen molar-refractivity contribution < 1.29 is 19.1 Å². The highest BCUT2D eigenvalue weighted by Crippen LogP contribution is 2.32. The fourth-order valence-corrected chi connectivity index (χ4v) is 4.05. The van der Waals surface area contributed by atoms with Gasteiger partial charge in [0.2, 0.25) is 11.8 Å². The van der Waals surface area contributed by atoms with E-state index in [9.17, 15) is 9.59 Å². The first kappa shape index (κ1) is 18.6. The van der Waals surface area contributed by atoms with Crippen LogP contribution in [-0.2, 0) is 16.0 Å². The lowest BCUT2D eigenvalue weighted by molar-refractivity contribution is -0.132. The highest BCUT2D eigenvalue weighted by molar-refractivity contribution is 7.99. The molecule has 3 rings (SSSR count). The van der Waals surface area contributed by atoms with Gasteiger partial charge >= 0.3 is 0 Å². The number of amides is 2. The summed E-state index contributed by atoms with van der Waals surface area (Å²) in [6, 6.07) is 3.72. The maximum absolute atomic E-state index is 12.6. The first-order chi connectivity index (χ1) is 12.6. The fraction of sp³-hybridized carbons (Fsp3) is 0.474. The summed E-state index contributed by atoms with van der Waals surface area (Å²) >= 11 is 1.87. The molecule has 0 spiro atoms. The van der Waals surface area contributed by atoms with Crippen LogP contribution in [0.5, 0.6) is 11.5 Å². The van der Waals surface area contributed by atoms with Gasteiger partial charge in [-0.25, -0.2) is 0 Å². The normalized spacial score (nSPS) is 16.9. The zero-order valence-electron chi connectivity index (χ0n) is 15.2. The van der Waals surface area contributed by atoms with Gasteiger partial charge in [0.15, 0.2) is 11.5 Å². The Kier molecular flexibility index (Phi) is 6.08. The Morgan fingerprint density at radius 2 is 1.85 bits per heavy atom. The van der Waals surface area contributed by atoms with Gasteiger partial charge < -0.3 is 19.3 Å². The molecule has 2 aliphatic rings. The van der Waals surface area contributed by atoms with Crippen molar-refractivity contribution in [3.8, 4) is 11.5 Å². The number of hydrogen-bond acceptors (Lipinski definition) is 5. The first-order valence-electron chi connectivity index (χ1n) is 8.70. The van der Waals surface area contributed by atoms with Crippen molar-refractivity contribution in [3.63, 3.8) is 0 Å². The number of hydrogen-bond donors (Lipinski definition) is 0. The molecule has 140 valence electrons. The number of fused-ring (bicyclic) bond motifs is 1. The number of methoxy groups -OCH3 is 2. The summed E-state index contributed by atoms with van der Waals surface area (Å²) in [5.41, 5.74) is 1.82. The lowest BCUT2D eigenvalue weighted by Gasteiger charge is -2.27. The van der Waals surface area contributed by atoms with Crippen LogP contribution in [0, 0.1) is 0 Å². The first-order valence-corrected chi connectivity index (χ1v) is 9.86. The Bertz CT molecular complexity index is 714. The number of rotatable bonds is 5. The lowest BCUT2D eigenvalue weighted by atomic mass is 10.0. The number of nitrogens with zero attached hydrogens (tertiary/aromatic N) is 2. The van der Waals surface area contributed by atoms with Crippen molar-refractivity contribution in [1.82, 2.24) is 9.80 Å². The van der Waals surface area contributed by atoms with Crippen molar-refractivity contribution in [2.24, 2.45) is 0 Å². The lowest BCUT2D eigenvalue weighted by Crippen LogP contribution is -2.39. The molecule has 1 aromatic rings. The van der Waals surface area contributed by atoms with Crippen molar-refractivity contribution in [2.45, 2.75) is 12.8 Å². The van der Waals surface area contributed by atoms with E-state index in [2.05, 4.69) is 0 Å².